The van der Waals surface area contributed by atoms with Crippen molar-refractivity contribution < 1.29 is 14.3 Å². The molecule has 0 fully saturated rings. The molecular formula is C21H27NO3. The van der Waals surface area contributed by atoms with E-state index in [-0.39, 0.29) is 12.6 Å². The van der Waals surface area contributed by atoms with Crippen LogP contribution in [0.25, 0.3) is 0 Å². The summed E-state index contributed by atoms with van der Waals surface area (Å²) in [5.41, 5.74) is 2.48. The molecule has 2 rings (SSSR count). The number of rotatable bonds is 10. The monoisotopic (exact) mass is 341 g/mol. The summed E-state index contributed by atoms with van der Waals surface area (Å²) < 4.78 is 10.7. The van der Waals surface area contributed by atoms with Crippen LogP contribution < -0.4 is 4.74 Å². The molecule has 134 valence electrons. The zero-order chi connectivity index (χ0) is 17.9. The summed E-state index contributed by atoms with van der Waals surface area (Å²) in [4.78, 5) is 13.9. The molecule has 0 aliphatic rings. The van der Waals surface area contributed by atoms with Gasteiger partial charge in [0, 0.05) is 6.54 Å². The molecule has 0 bridgehead atoms. The average Bonchev–Trinajstić information content (AvgIpc) is 2.65. The van der Waals surface area contributed by atoms with Gasteiger partial charge in [-0.3, -0.25) is 0 Å². The largest absolute Gasteiger partial charge is 0.482 e. The molecule has 0 heterocycles. The van der Waals surface area contributed by atoms with Gasteiger partial charge in [-0.15, -0.1) is 0 Å². The molecule has 0 spiro atoms. The number of carbonyl (C=O) groups is 1. The molecule has 4 heteroatoms. The van der Waals surface area contributed by atoms with Crippen LogP contribution in [-0.4, -0.2) is 43.7 Å². The Morgan fingerprint density at radius 1 is 0.920 bits per heavy atom. The Bertz CT molecular complexity index is 621. The van der Waals surface area contributed by atoms with E-state index in [9.17, 15) is 4.79 Å². The van der Waals surface area contributed by atoms with Crippen LogP contribution in [0.3, 0.4) is 0 Å². The van der Waals surface area contributed by atoms with E-state index in [0.29, 0.717) is 12.4 Å². The van der Waals surface area contributed by atoms with E-state index in [0.717, 1.165) is 26.1 Å². The molecule has 0 saturated carbocycles. The van der Waals surface area contributed by atoms with Gasteiger partial charge in [-0.05, 0) is 42.8 Å². The van der Waals surface area contributed by atoms with E-state index in [2.05, 4.69) is 30.9 Å². The minimum Gasteiger partial charge on any atom is -0.482 e. The van der Waals surface area contributed by atoms with Gasteiger partial charge in [-0.25, -0.2) is 4.79 Å². The standard InChI is InChI=1S/C21H27NO3/c1-3-22(4-2)14-15-24-21(23)17-25-20-12-10-19(11-13-20)16-18-8-6-5-7-9-18/h5-13H,3-4,14-17H2,1-2H3. The Balaban J connectivity index is 1.71. The van der Waals surface area contributed by atoms with Gasteiger partial charge < -0.3 is 14.4 Å². The second kappa shape index (κ2) is 10.5. The lowest BCUT2D eigenvalue weighted by atomic mass is 10.1. The van der Waals surface area contributed by atoms with E-state index >= 15 is 0 Å². The summed E-state index contributed by atoms with van der Waals surface area (Å²) >= 11 is 0. The summed E-state index contributed by atoms with van der Waals surface area (Å²) in [6, 6.07) is 18.1. The van der Waals surface area contributed by atoms with E-state index in [1.807, 2.05) is 42.5 Å². The zero-order valence-electron chi connectivity index (χ0n) is 15.1. The van der Waals surface area contributed by atoms with E-state index in [4.69, 9.17) is 9.47 Å². The second-order valence-corrected chi connectivity index (χ2v) is 5.84. The quantitative estimate of drug-likeness (QED) is 0.620. The molecule has 0 aromatic heterocycles. The number of likely N-dealkylation sites (N-methyl/N-ethyl adjacent to an activating group) is 1. The molecule has 0 aliphatic carbocycles. The fraction of sp³-hybridized carbons (Fsp3) is 0.381. The number of hydrogen-bond donors (Lipinski definition) is 0. The van der Waals surface area contributed by atoms with Crippen LogP contribution >= 0.6 is 0 Å². The summed E-state index contributed by atoms with van der Waals surface area (Å²) in [6.07, 6.45) is 0.883. The fourth-order valence-corrected chi connectivity index (χ4v) is 2.55. The topological polar surface area (TPSA) is 38.8 Å². The third kappa shape index (κ3) is 6.98. The van der Waals surface area contributed by atoms with Crippen molar-refractivity contribution in [3.63, 3.8) is 0 Å². The normalized spacial score (nSPS) is 10.7. The molecule has 2 aromatic rings. The third-order valence-corrected chi connectivity index (χ3v) is 4.10. The van der Waals surface area contributed by atoms with Gasteiger partial charge in [0.15, 0.2) is 6.61 Å². The highest BCUT2D eigenvalue weighted by Crippen LogP contribution is 2.15. The molecule has 0 unspecified atom stereocenters. The third-order valence-electron chi connectivity index (χ3n) is 4.10. The maximum absolute atomic E-state index is 11.7. The molecule has 2 aromatic carbocycles. The highest BCUT2D eigenvalue weighted by Gasteiger charge is 2.06. The molecule has 0 amide bonds. The molecule has 0 saturated heterocycles. The van der Waals surface area contributed by atoms with Gasteiger partial charge >= 0.3 is 5.97 Å². The number of esters is 1. The van der Waals surface area contributed by atoms with Gasteiger partial charge in [0.1, 0.15) is 12.4 Å². The lowest BCUT2D eigenvalue weighted by Gasteiger charge is -2.17. The predicted molar refractivity (Wildman–Crippen MR) is 99.9 cm³/mol. The van der Waals surface area contributed by atoms with Crippen molar-refractivity contribution in [3.05, 3.63) is 65.7 Å². The minimum absolute atomic E-state index is 0.0592. The van der Waals surface area contributed by atoms with Crippen molar-refractivity contribution in [2.24, 2.45) is 0 Å². The maximum atomic E-state index is 11.7. The van der Waals surface area contributed by atoms with Crippen LogP contribution in [0.15, 0.2) is 54.6 Å². The molecule has 0 radical (unpaired) electrons. The highest BCUT2D eigenvalue weighted by molar-refractivity contribution is 5.71. The first-order valence-corrected chi connectivity index (χ1v) is 8.85. The van der Waals surface area contributed by atoms with Crippen LogP contribution in [0.4, 0.5) is 0 Å². The minimum atomic E-state index is -0.333. The van der Waals surface area contributed by atoms with Crippen molar-refractivity contribution in [1.82, 2.24) is 4.90 Å². The Kier molecular flexibility index (Phi) is 7.99. The van der Waals surface area contributed by atoms with Gasteiger partial charge in [0.05, 0.1) is 0 Å². The van der Waals surface area contributed by atoms with Crippen LogP contribution in [0, 0.1) is 0 Å². The second-order valence-electron chi connectivity index (χ2n) is 5.84. The summed E-state index contributed by atoms with van der Waals surface area (Å²) in [7, 11) is 0. The SMILES string of the molecule is CCN(CC)CCOC(=O)COc1ccc(Cc2ccccc2)cc1. The van der Waals surface area contributed by atoms with E-state index in [1.54, 1.807) is 0 Å². The van der Waals surface area contributed by atoms with Crippen LogP contribution in [-0.2, 0) is 16.0 Å². The summed E-state index contributed by atoms with van der Waals surface area (Å²) in [6.45, 7) is 7.20. The first-order chi connectivity index (χ1) is 12.2. The van der Waals surface area contributed by atoms with Crippen molar-refractivity contribution in [2.75, 3.05) is 32.8 Å². The summed E-state index contributed by atoms with van der Waals surface area (Å²) in [5.74, 6) is 0.345. The van der Waals surface area contributed by atoms with Gasteiger partial charge in [-0.2, -0.15) is 0 Å². The van der Waals surface area contributed by atoms with E-state index in [1.165, 1.54) is 11.1 Å². The zero-order valence-corrected chi connectivity index (χ0v) is 15.1. The fourth-order valence-electron chi connectivity index (χ4n) is 2.55. The Morgan fingerprint density at radius 3 is 2.20 bits per heavy atom. The average molecular weight is 341 g/mol. The molecule has 4 nitrogen and oxygen atoms in total. The number of hydrogen-bond acceptors (Lipinski definition) is 4. The Morgan fingerprint density at radius 2 is 1.56 bits per heavy atom. The molecule has 0 atom stereocenters. The lowest BCUT2D eigenvalue weighted by molar-refractivity contribution is -0.146. The van der Waals surface area contributed by atoms with Crippen molar-refractivity contribution in [3.8, 4) is 5.75 Å². The Labute approximate surface area is 150 Å². The predicted octanol–water partition coefficient (Wildman–Crippen LogP) is 3.54. The highest BCUT2D eigenvalue weighted by atomic mass is 16.6. The van der Waals surface area contributed by atoms with Crippen molar-refractivity contribution in [1.29, 1.82) is 0 Å². The van der Waals surface area contributed by atoms with E-state index < -0.39 is 0 Å². The van der Waals surface area contributed by atoms with Crippen molar-refractivity contribution >= 4 is 5.97 Å². The Hall–Kier alpha value is -2.33. The van der Waals surface area contributed by atoms with Gasteiger partial charge in [0.2, 0.25) is 0 Å². The maximum Gasteiger partial charge on any atom is 0.344 e. The lowest BCUT2D eigenvalue weighted by Crippen LogP contribution is -2.28. The van der Waals surface area contributed by atoms with Crippen LogP contribution in [0.5, 0.6) is 5.75 Å². The number of nitrogens with zero attached hydrogens (tertiary/aromatic N) is 1. The molecular weight excluding hydrogens is 314 g/mol. The van der Waals surface area contributed by atoms with Crippen LogP contribution in [0.1, 0.15) is 25.0 Å². The van der Waals surface area contributed by atoms with Crippen molar-refractivity contribution in [2.45, 2.75) is 20.3 Å². The number of ether oxygens (including phenoxy) is 2. The smallest absolute Gasteiger partial charge is 0.344 e. The molecule has 0 N–H and O–H groups in total. The first kappa shape index (κ1) is 19.0. The van der Waals surface area contributed by atoms with Gasteiger partial charge in [-0.1, -0.05) is 56.3 Å². The van der Waals surface area contributed by atoms with Crippen LogP contribution in [0.2, 0.25) is 0 Å². The number of carbonyl (C=O) groups excluding carboxylic acids is 1. The number of benzene rings is 2. The molecule has 25 heavy (non-hydrogen) atoms. The molecule has 0 aliphatic heterocycles. The summed E-state index contributed by atoms with van der Waals surface area (Å²) in [5, 5.41) is 0. The van der Waals surface area contributed by atoms with Gasteiger partial charge in [0.25, 0.3) is 0 Å². The first-order valence-electron chi connectivity index (χ1n) is 8.85.